The van der Waals surface area contributed by atoms with Crippen LogP contribution >= 0.6 is 0 Å². The van der Waals surface area contributed by atoms with E-state index < -0.39 is 0 Å². The third kappa shape index (κ3) is 4.47. The van der Waals surface area contributed by atoms with Crippen molar-refractivity contribution in [3.05, 3.63) is 35.4 Å². The van der Waals surface area contributed by atoms with Crippen LogP contribution in [0, 0.1) is 11.3 Å². The summed E-state index contributed by atoms with van der Waals surface area (Å²) in [5.41, 5.74) is 1.96. The lowest BCUT2D eigenvalue weighted by molar-refractivity contribution is 0.153. The Kier molecular flexibility index (Phi) is 5.68. The maximum Gasteiger partial charge on any atom is 0.409 e. The highest BCUT2D eigenvalue weighted by molar-refractivity contribution is 5.69. The standard InChI is InChI=1S/C18H24N4O2/c19-14-16-2-4-17(5-3-16)15-21-7-1-6-20(8-9-21)10-11-22-12-13-24-18(22)23/h2-5H,1,6-13,15H2. The molecule has 1 amide bonds. The molecule has 0 aliphatic carbocycles. The van der Waals surface area contributed by atoms with E-state index in [4.69, 9.17) is 10.00 Å². The highest BCUT2D eigenvalue weighted by Gasteiger charge is 2.22. The van der Waals surface area contributed by atoms with Crippen LogP contribution in [0.25, 0.3) is 0 Å². The van der Waals surface area contributed by atoms with Crippen molar-refractivity contribution in [1.29, 1.82) is 5.26 Å². The third-order valence-electron chi connectivity index (χ3n) is 4.70. The Morgan fingerprint density at radius 1 is 1.00 bits per heavy atom. The zero-order chi connectivity index (χ0) is 16.8. The first-order chi connectivity index (χ1) is 11.7. The number of hydrogen-bond donors (Lipinski definition) is 0. The van der Waals surface area contributed by atoms with Crippen molar-refractivity contribution in [1.82, 2.24) is 14.7 Å². The van der Waals surface area contributed by atoms with Crippen LogP contribution in [-0.2, 0) is 11.3 Å². The van der Waals surface area contributed by atoms with Crippen molar-refractivity contribution >= 4 is 6.09 Å². The highest BCUT2D eigenvalue weighted by atomic mass is 16.6. The van der Waals surface area contributed by atoms with Gasteiger partial charge in [0.2, 0.25) is 0 Å². The van der Waals surface area contributed by atoms with Crippen molar-refractivity contribution in [2.75, 3.05) is 52.4 Å². The normalized spacial score (nSPS) is 19.8. The van der Waals surface area contributed by atoms with Gasteiger partial charge < -0.3 is 14.5 Å². The Labute approximate surface area is 143 Å². The minimum Gasteiger partial charge on any atom is -0.448 e. The Morgan fingerprint density at radius 3 is 2.46 bits per heavy atom. The number of hydrogen-bond acceptors (Lipinski definition) is 5. The second kappa shape index (κ2) is 8.13. The lowest BCUT2D eigenvalue weighted by Gasteiger charge is -2.23. The molecule has 3 rings (SSSR count). The third-order valence-corrected chi connectivity index (χ3v) is 4.70. The van der Waals surface area contributed by atoms with Gasteiger partial charge in [-0.15, -0.1) is 0 Å². The quantitative estimate of drug-likeness (QED) is 0.820. The van der Waals surface area contributed by atoms with Crippen LogP contribution in [0.2, 0.25) is 0 Å². The predicted octanol–water partition coefficient (Wildman–Crippen LogP) is 1.52. The molecule has 128 valence electrons. The molecule has 2 fully saturated rings. The van der Waals surface area contributed by atoms with E-state index >= 15 is 0 Å². The summed E-state index contributed by atoms with van der Waals surface area (Å²) in [6.45, 7) is 8.07. The topological polar surface area (TPSA) is 59.8 Å². The van der Waals surface area contributed by atoms with Crippen LogP contribution in [-0.4, -0.2) is 73.2 Å². The van der Waals surface area contributed by atoms with Crippen LogP contribution in [0.1, 0.15) is 17.5 Å². The van der Waals surface area contributed by atoms with E-state index in [1.807, 2.05) is 24.3 Å². The van der Waals surface area contributed by atoms with Crippen molar-refractivity contribution < 1.29 is 9.53 Å². The lowest BCUT2D eigenvalue weighted by Crippen LogP contribution is -2.37. The number of nitrogens with zero attached hydrogens (tertiary/aromatic N) is 4. The van der Waals surface area contributed by atoms with Gasteiger partial charge in [-0.25, -0.2) is 4.79 Å². The molecule has 0 radical (unpaired) electrons. The summed E-state index contributed by atoms with van der Waals surface area (Å²) in [5.74, 6) is 0. The Balaban J connectivity index is 1.44. The molecule has 2 aliphatic rings. The Bertz CT molecular complexity index is 596. The van der Waals surface area contributed by atoms with Gasteiger partial charge in [-0.1, -0.05) is 12.1 Å². The molecule has 6 heteroatoms. The van der Waals surface area contributed by atoms with E-state index in [9.17, 15) is 4.79 Å². The fourth-order valence-electron chi connectivity index (χ4n) is 3.24. The van der Waals surface area contributed by atoms with Gasteiger partial charge in [-0.3, -0.25) is 4.90 Å². The lowest BCUT2D eigenvalue weighted by atomic mass is 10.1. The molecule has 24 heavy (non-hydrogen) atoms. The van der Waals surface area contributed by atoms with E-state index in [1.165, 1.54) is 5.56 Å². The molecule has 1 aromatic rings. The monoisotopic (exact) mass is 328 g/mol. The minimum absolute atomic E-state index is 0.174. The number of nitriles is 1. The largest absolute Gasteiger partial charge is 0.448 e. The van der Waals surface area contributed by atoms with E-state index in [0.717, 1.165) is 58.8 Å². The number of amides is 1. The van der Waals surface area contributed by atoms with Crippen LogP contribution in [0.5, 0.6) is 0 Å². The molecule has 6 nitrogen and oxygen atoms in total. The van der Waals surface area contributed by atoms with Gasteiger partial charge in [0.25, 0.3) is 0 Å². The van der Waals surface area contributed by atoms with Gasteiger partial charge in [0.05, 0.1) is 18.2 Å². The number of rotatable bonds is 5. The zero-order valence-corrected chi connectivity index (χ0v) is 14.0. The molecule has 2 aliphatic heterocycles. The molecule has 1 aromatic carbocycles. The van der Waals surface area contributed by atoms with E-state index in [1.54, 1.807) is 4.90 Å². The molecule has 0 N–H and O–H groups in total. The zero-order valence-electron chi connectivity index (χ0n) is 14.0. The maximum absolute atomic E-state index is 11.5. The van der Waals surface area contributed by atoms with Crippen LogP contribution in [0.4, 0.5) is 4.79 Å². The number of benzene rings is 1. The number of ether oxygens (including phenoxy) is 1. The van der Waals surface area contributed by atoms with E-state index in [-0.39, 0.29) is 6.09 Å². The summed E-state index contributed by atoms with van der Waals surface area (Å²) in [6, 6.07) is 10.0. The highest BCUT2D eigenvalue weighted by Crippen LogP contribution is 2.11. The fraction of sp³-hybridized carbons (Fsp3) is 0.556. The molecular weight excluding hydrogens is 304 g/mol. The maximum atomic E-state index is 11.5. The molecule has 2 saturated heterocycles. The van der Waals surface area contributed by atoms with Gasteiger partial charge in [0.15, 0.2) is 0 Å². The Morgan fingerprint density at radius 2 is 1.75 bits per heavy atom. The number of carbonyl (C=O) groups is 1. The molecule has 0 unspecified atom stereocenters. The first-order valence-corrected chi connectivity index (χ1v) is 8.60. The summed E-state index contributed by atoms with van der Waals surface area (Å²) >= 11 is 0. The van der Waals surface area contributed by atoms with Gasteiger partial charge in [0, 0.05) is 32.7 Å². The number of cyclic esters (lactones) is 1. The van der Waals surface area contributed by atoms with Gasteiger partial charge >= 0.3 is 6.09 Å². The van der Waals surface area contributed by atoms with Crippen LogP contribution in [0.15, 0.2) is 24.3 Å². The van der Waals surface area contributed by atoms with Crippen molar-refractivity contribution in [2.24, 2.45) is 0 Å². The fourth-order valence-corrected chi connectivity index (χ4v) is 3.24. The van der Waals surface area contributed by atoms with Crippen molar-refractivity contribution in [3.8, 4) is 6.07 Å². The predicted molar refractivity (Wildman–Crippen MR) is 90.4 cm³/mol. The summed E-state index contributed by atoms with van der Waals surface area (Å²) in [6.07, 6.45) is 0.966. The summed E-state index contributed by atoms with van der Waals surface area (Å²) in [5, 5.41) is 8.86. The van der Waals surface area contributed by atoms with Crippen LogP contribution in [0.3, 0.4) is 0 Å². The minimum atomic E-state index is -0.174. The molecule has 0 atom stereocenters. The molecule has 0 saturated carbocycles. The average Bonchev–Trinajstić information content (AvgIpc) is 2.88. The first-order valence-electron chi connectivity index (χ1n) is 8.60. The molecule has 0 aromatic heterocycles. The summed E-state index contributed by atoms with van der Waals surface area (Å²) in [4.78, 5) is 18.2. The second-order valence-electron chi connectivity index (χ2n) is 6.38. The molecule has 0 bridgehead atoms. The van der Waals surface area contributed by atoms with E-state index in [0.29, 0.717) is 12.2 Å². The van der Waals surface area contributed by atoms with E-state index in [2.05, 4.69) is 15.9 Å². The molecule has 0 spiro atoms. The second-order valence-corrected chi connectivity index (χ2v) is 6.38. The number of carbonyl (C=O) groups excluding carboxylic acids is 1. The molecular formula is C18H24N4O2. The average molecular weight is 328 g/mol. The first kappa shape index (κ1) is 16.7. The van der Waals surface area contributed by atoms with Gasteiger partial charge in [0.1, 0.15) is 6.61 Å². The van der Waals surface area contributed by atoms with Gasteiger partial charge in [-0.2, -0.15) is 5.26 Å². The smallest absolute Gasteiger partial charge is 0.409 e. The summed E-state index contributed by atoms with van der Waals surface area (Å²) in [7, 11) is 0. The SMILES string of the molecule is N#Cc1ccc(CN2CCCN(CCN3CCOC3=O)CC2)cc1. The Hall–Kier alpha value is -2.10. The van der Waals surface area contributed by atoms with Crippen molar-refractivity contribution in [3.63, 3.8) is 0 Å². The van der Waals surface area contributed by atoms with Crippen molar-refractivity contribution in [2.45, 2.75) is 13.0 Å². The van der Waals surface area contributed by atoms with Crippen LogP contribution < -0.4 is 0 Å². The van der Waals surface area contributed by atoms with Gasteiger partial charge in [-0.05, 0) is 37.2 Å². The molecule has 2 heterocycles. The summed E-state index contributed by atoms with van der Waals surface area (Å²) < 4.78 is 4.97.